The summed E-state index contributed by atoms with van der Waals surface area (Å²) in [5, 5.41) is 3.23. The van der Waals surface area contributed by atoms with E-state index in [4.69, 9.17) is 0 Å². The van der Waals surface area contributed by atoms with Gasteiger partial charge in [-0.25, -0.2) is 8.42 Å². The van der Waals surface area contributed by atoms with E-state index in [-0.39, 0.29) is 0 Å². The summed E-state index contributed by atoms with van der Waals surface area (Å²) in [4.78, 5) is 0.416. The number of sulfonamides is 1. The molecule has 0 radical (unpaired) electrons. The fraction of sp³-hybridized carbons (Fsp3) is 0.692. The Hall–Kier alpha value is -0.500. The van der Waals surface area contributed by atoms with Crippen LogP contribution in [0.2, 0.25) is 0 Å². The fourth-order valence-corrected chi connectivity index (χ4v) is 4.84. The van der Waals surface area contributed by atoms with Crippen LogP contribution in [0.1, 0.15) is 19.0 Å². The smallest absolute Gasteiger partial charge is 0.244 e. The number of thioether (sulfide) groups is 1. The maximum absolute atomic E-state index is 12.7. The molecule has 0 amide bonds. The lowest BCUT2D eigenvalue weighted by molar-refractivity contribution is 0.435. The van der Waals surface area contributed by atoms with Crippen LogP contribution in [-0.2, 0) is 23.6 Å². The van der Waals surface area contributed by atoms with Gasteiger partial charge in [-0.15, -0.1) is 0 Å². The molecule has 1 fully saturated rings. The van der Waals surface area contributed by atoms with Crippen molar-refractivity contribution in [1.29, 1.82) is 0 Å². The summed E-state index contributed by atoms with van der Waals surface area (Å²) in [6.07, 6.45) is 2.65. The Bertz CT molecular complexity index is 532. The second kappa shape index (κ2) is 6.98. The molecule has 1 aromatic heterocycles. The van der Waals surface area contributed by atoms with E-state index in [9.17, 15) is 8.42 Å². The molecule has 1 saturated heterocycles. The molecule has 0 atom stereocenters. The molecule has 1 N–H and O–H groups in total. The number of hydrogen-bond acceptors (Lipinski definition) is 4. The van der Waals surface area contributed by atoms with E-state index < -0.39 is 10.0 Å². The first-order chi connectivity index (χ1) is 9.55. The summed E-state index contributed by atoms with van der Waals surface area (Å²) in [5.41, 5.74) is 0.995. The van der Waals surface area contributed by atoms with Crippen LogP contribution in [0.5, 0.6) is 0 Å². The lowest BCUT2D eigenvalue weighted by Crippen LogP contribution is -2.32. The van der Waals surface area contributed by atoms with Crippen LogP contribution in [0.3, 0.4) is 0 Å². The molecule has 7 heteroatoms. The van der Waals surface area contributed by atoms with Crippen molar-refractivity contribution in [3.63, 3.8) is 0 Å². The van der Waals surface area contributed by atoms with Gasteiger partial charge in [-0.2, -0.15) is 16.1 Å². The van der Waals surface area contributed by atoms with Crippen LogP contribution in [-0.4, -0.2) is 48.4 Å². The topological polar surface area (TPSA) is 54.3 Å². The standard InChI is InChI=1S/C13H23N3O2S2/c1-3-14-10-12-9-13(11-15(12)2)20(17,18)16-5-4-7-19-8-6-16/h9,11,14H,3-8,10H2,1-2H3. The molecule has 0 spiro atoms. The van der Waals surface area contributed by atoms with E-state index in [1.54, 1.807) is 16.6 Å². The number of hydrogen-bond donors (Lipinski definition) is 1. The van der Waals surface area contributed by atoms with Crippen molar-refractivity contribution in [2.45, 2.75) is 24.8 Å². The Labute approximate surface area is 125 Å². The molecule has 0 aliphatic carbocycles. The molecule has 0 unspecified atom stereocenters. The molecule has 1 aliphatic rings. The van der Waals surface area contributed by atoms with Gasteiger partial charge in [0, 0.05) is 44.3 Å². The summed E-state index contributed by atoms with van der Waals surface area (Å²) in [6, 6.07) is 1.79. The van der Waals surface area contributed by atoms with Crippen LogP contribution in [0, 0.1) is 0 Å². The van der Waals surface area contributed by atoms with Crippen LogP contribution in [0.25, 0.3) is 0 Å². The van der Waals surface area contributed by atoms with Gasteiger partial charge in [-0.3, -0.25) is 0 Å². The van der Waals surface area contributed by atoms with Gasteiger partial charge in [0.1, 0.15) is 4.90 Å². The normalized spacial score (nSPS) is 18.1. The van der Waals surface area contributed by atoms with E-state index in [1.165, 1.54) is 0 Å². The molecule has 20 heavy (non-hydrogen) atoms. The van der Waals surface area contributed by atoms with E-state index in [1.807, 2.05) is 30.3 Å². The third kappa shape index (κ3) is 3.58. The summed E-state index contributed by atoms with van der Waals surface area (Å²) >= 11 is 1.83. The van der Waals surface area contributed by atoms with Gasteiger partial charge >= 0.3 is 0 Å². The van der Waals surface area contributed by atoms with Crippen LogP contribution >= 0.6 is 11.8 Å². The van der Waals surface area contributed by atoms with Crippen molar-refractivity contribution >= 4 is 21.8 Å². The summed E-state index contributed by atoms with van der Waals surface area (Å²) in [6.45, 7) is 4.85. The highest BCUT2D eigenvalue weighted by atomic mass is 32.2. The minimum atomic E-state index is -3.34. The van der Waals surface area contributed by atoms with Crippen molar-refractivity contribution in [1.82, 2.24) is 14.2 Å². The molecule has 1 aromatic rings. The molecule has 2 heterocycles. The Morgan fingerprint density at radius 2 is 2.15 bits per heavy atom. The van der Waals surface area contributed by atoms with Crippen molar-refractivity contribution in [3.05, 3.63) is 18.0 Å². The van der Waals surface area contributed by atoms with Gasteiger partial charge < -0.3 is 9.88 Å². The first-order valence-electron chi connectivity index (χ1n) is 6.99. The zero-order valence-corrected chi connectivity index (χ0v) is 13.8. The van der Waals surface area contributed by atoms with E-state index in [0.717, 1.165) is 30.2 Å². The Kier molecular flexibility index (Phi) is 5.54. The lowest BCUT2D eigenvalue weighted by atomic mass is 10.4. The van der Waals surface area contributed by atoms with E-state index in [2.05, 4.69) is 5.32 Å². The highest BCUT2D eigenvalue weighted by Crippen LogP contribution is 2.21. The molecule has 0 bridgehead atoms. The van der Waals surface area contributed by atoms with Crippen molar-refractivity contribution in [2.24, 2.45) is 7.05 Å². The first kappa shape index (κ1) is 15.9. The van der Waals surface area contributed by atoms with Crippen LogP contribution < -0.4 is 5.32 Å². The molecule has 0 aromatic carbocycles. The average Bonchev–Trinajstić information content (AvgIpc) is 2.66. The molecule has 5 nitrogen and oxygen atoms in total. The third-order valence-corrected chi connectivity index (χ3v) is 6.37. The zero-order chi connectivity index (χ0) is 14.6. The number of aromatic nitrogens is 1. The summed E-state index contributed by atoms with van der Waals surface area (Å²) < 4.78 is 28.8. The van der Waals surface area contributed by atoms with Gasteiger partial charge in [0.15, 0.2) is 0 Å². The number of aryl methyl sites for hydroxylation is 1. The Morgan fingerprint density at radius 3 is 2.90 bits per heavy atom. The number of rotatable bonds is 5. The molecular formula is C13H23N3O2S2. The molecule has 114 valence electrons. The van der Waals surface area contributed by atoms with Gasteiger partial charge in [0.05, 0.1) is 0 Å². The second-order valence-electron chi connectivity index (χ2n) is 4.93. The molecule has 1 aliphatic heterocycles. The van der Waals surface area contributed by atoms with Crippen molar-refractivity contribution in [3.8, 4) is 0 Å². The van der Waals surface area contributed by atoms with Gasteiger partial charge in [0.25, 0.3) is 0 Å². The summed E-state index contributed by atoms with van der Waals surface area (Å²) in [5.74, 6) is 1.93. The van der Waals surface area contributed by atoms with Crippen LogP contribution in [0.4, 0.5) is 0 Å². The second-order valence-corrected chi connectivity index (χ2v) is 8.09. The highest BCUT2D eigenvalue weighted by Gasteiger charge is 2.26. The van der Waals surface area contributed by atoms with Crippen molar-refractivity contribution in [2.75, 3.05) is 31.1 Å². The van der Waals surface area contributed by atoms with Crippen molar-refractivity contribution < 1.29 is 8.42 Å². The average molecular weight is 317 g/mol. The number of nitrogens with one attached hydrogen (secondary N) is 1. The molecule has 2 rings (SSSR count). The first-order valence-corrected chi connectivity index (χ1v) is 9.59. The lowest BCUT2D eigenvalue weighted by Gasteiger charge is -2.18. The van der Waals surface area contributed by atoms with E-state index in [0.29, 0.717) is 24.5 Å². The number of nitrogens with zero attached hydrogens (tertiary/aromatic N) is 2. The largest absolute Gasteiger partial charge is 0.352 e. The molecule has 0 saturated carbocycles. The third-order valence-electron chi connectivity index (χ3n) is 3.46. The minimum Gasteiger partial charge on any atom is -0.352 e. The monoisotopic (exact) mass is 317 g/mol. The van der Waals surface area contributed by atoms with E-state index >= 15 is 0 Å². The van der Waals surface area contributed by atoms with Gasteiger partial charge in [0.2, 0.25) is 10.0 Å². The predicted octanol–water partition coefficient (Wildman–Crippen LogP) is 1.26. The Balaban J connectivity index is 2.20. The fourth-order valence-electron chi connectivity index (χ4n) is 2.26. The molecular weight excluding hydrogens is 294 g/mol. The predicted molar refractivity (Wildman–Crippen MR) is 83.5 cm³/mol. The summed E-state index contributed by atoms with van der Waals surface area (Å²) in [7, 11) is -1.45. The maximum Gasteiger partial charge on any atom is 0.244 e. The maximum atomic E-state index is 12.7. The Morgan fingerprint density at radius 1 is 1.35 bits per heavy atom. The SMILES string of the molecule is CCNCc1cc(S(=O)(=O)N2CCCSCC2)cn1C. The van der Waals surface area contributed by atoms with Gasteiger partial charge in [-0.05, 0) is 24.8 Å². The quantitative estimate of drug-likeness (QED) is 0.888. The highest BCUT2D eigenvalue weighted by molar-refractivity contribution is 7.99. The minimum absolute atomic E-state index is 0.416. The van der Waals surface area contributed by atoms with Gasteiger partial charge in [-0.1, -0.05) is 6.92 Å². The zero-order valence-electron chi connectivity index (χ0n) is 12.1. The van der Waals surface area contributed by atoms with Crippen LogP contribution in [0.15, 0.2) is 17.2 Å².